The Balaban J connectivity index is 2.81. The van der Waals surface area contributed by atoms with Crippen molar-refractivity contribution in [1.82, 2.24) is 10.4 Å². The van der Waals surface area contributed by atoms with Gasteiger partial charge in [-0.1, -0.05) is 6.07 Å². The molecule has 0 bridgehead atoms. The molecule has 1 atom stereocenters. The molecule has 1 aromatic heterocycles. The van der Waals surface area contributed by atoms with Crippen molar-refractivity contribution in [3.8, 4) is 0 Å². The second-order valence-electron chi connectivity index (χ2n) is 2.62. The first-order valence-electron chi connectivity index (χ1n) is 3.62. The van der Waals surface area contributed by atoms with E-state index in [1.165, 1.54) is 0 Å². The van der Waals surface area contributed by atoms with E-state index in [4.69, 9.17) is 5.84 Å². The molecule has 0 aromatic carbocycles. The average molecular weight is 151 g/mol. The van der Waals surface area contributed by atoms with Gasteiger partial charge < -0.3 is 0 Å². The van der Waals surface area contributed by atoms with Crippen LogP contribution in [-0.2, 0) is 0 Å². The number of aromatic nitrogens is 1. The summed E-state index contributed by atoms with van der Waals surface area (Å²) in [7, 11) is 0. The molecular weight excluding hydrogens is 138 g/mol. The topological polar surface area (TPSA) is 50.9 Å². The van der Waals surface area contributed by atoms with E-state index in [9.17, 15) is 0 Å². The lowest BCUT2D eigenvalue weighted by atomic mass is 10.1. The zero-order valence-electron chi connectivity index (χ0n) is 6.83. The van der Waals surface area contributed by atoms with Crippen molar-refractivity contribution in [1.29, 1.82) is 0 Å². The Morgan fingerprint density at radius 3 is 2.73 bits per heavy atom. The van der Waals surface area contributed by atoms with Crippen molar-refractivity contribution >= 4 is 0 Å². The second kappa shape index (κ2) is 3.46. The fourth-order valence-corrected chi connectivity index (χ4v) is 0.832. The van der Waals surface area contributed by atoms with Gasteiger partial charge in [-0.3, -0.25) is 16.3 Å². The molecule has 60 valence electrons. The maximum atomic E-state index is 5.26. The summed E-state index contributed by atoms with van der Waals surface area (Å²) in [4.78, 5) is 4.15. The van der Waals surface area contributed by atoms with E-state index in [2.05, 4.69) is 10.4 Å². The minimum atomic E-state index is 0.170. The Morgan fingerprint density at radius 2 is 2.27 bits per heavy atom. The fraction of sp³-hybridized carbons (Fsp3) is 0.375. The maximum absolute atomic E-state index is 5.26. The van der Waals surface area contributed by atoms with Gasteiger partial charge in [0, 0.05) is 17.9 Å². The minimum absolute atomic E-state index is 0.170. The van der Waals surface area contributed by atoms with Gasteiger partial charge in [0.05, 0.1) is 0 Å². The van der Waals surface area contributed by atoms with Gasteiger partial charge in [-0.05, 0) is 25.5 Å². The van der Waals surface area contributed by atoms with E-state index < -0.39 is 0 Å². The maximum Gasteiger partial charge on any atom is 0.0447 e. The van der Waals surface area contributed by atoms with Crippen LogP contribution < -0.4 is 11.3 Å². The third-order valence-electron chi connectivity index (χ3n) is 1.68. The van der Waals surface area contributed by atoms with E-state index in [-0.39, 0.29) is 6.04 Å². The molecule has 1 heterocycles. The van der Waals surface area contributed by atoms with Gasteiger partial charge in [0.15, 0.2) is 0 Å². The first-order chi connectivity index (χ1) is 5.24. The summed E-state index contributed by atoms with van der Waals surface area (Å²) < 4.78 is 0. The average Bonchev–Trinajstić information content (AvgIpc) is 2.05. The highest BCUT2D eigenvalue weighted by Gasteiger charge is 2.00. The lowest BCUT2D eigenvalue weighted by Crippen LogP contribution is -2.25. The quantitative estimate of drug-likeness (QED) is 0.488. The van der Waals surface area contributed by atoms with Gasteiger partial charge in [0.1, 0.15) is 0 Å². The second-order valence-corrected chi connectivity index (χ2v) is 2.62. The summed E-state index contributed by atoms with van der Waals surface area (Å²) in [5.41, 5.74) is 4.80. The Kier molecular flexibility index (Phi) is 2.57. The molecule has 3 heteroatoms. The fourth-order valence-electron chi connectivity index (χ4n) is 0.832. The van der Waals surface area contributed by atoms with Crippen molar-refractivity contribution in [2.75, 3.05) is 0 Å². The van der Waals surface area contributed by atoms with Gasteiger partial charge in [0.25, 0.3) is 0 Å². The van der Waals surface area contributed by atoms with Gasteiger partial charge in [0.2, 0.25) is 0 Å². The van der Waals surface area contributed by atoms with E-state index >= 15 is 0 Å². The first-order valence-corrected chi connectivity index (χ1v) is 3.62. The predicted molar refractivity (Wildman–Crippen MR) is 44.7 cm³/mol. The van der Waals surface area contributed by atoms with Gasteiger partial charge >= 0.3 is 0 Å². The highest BCUT2D eigenvalue weighted by molar-refractivity contribution is 5.16. The van der Waals surface area contributed by atoms with Crippen LogP contribution in [0.2, 0.25) is 0 Å². The molecule has 0 radical (unpaired) electrons. The smallest absolute Gasteiger partial charge is 0.0447 e. The number of nitrogens with two attached hydrogens (primary N) is 1. The van der Waals surface area contributed by atoms with Crippen molar-refractivity contribution in [3.63, 3.8) is 0 Å². The molecule has 0 unspecified atom stereocenters. The van der Waals surface area contributed by atoms with E-state index in [0.717, 1.165) is 11.3 Å². The van der Waals surface area contributed by atoms with Crippen LogP contribution in [0.5, 0.6) is 0 Å². The zero-order chi connectivity index (χ0) is 8.27. The Hall–Kier alpha value is -0.930. The number of hydrogen-bond donors (Lipinski definition) is 2. The van der Waals surface area contributed by atoms with Crippen LogP contribution in [0.15, 0.2) is 18.3 Å². The summed E-state index contributed by atoms with van der Waals surface area (Å²) in [6.45, 7) is 3.96. The molecular formula is C8H13N3. The monoisotopic (exact) mass is 151 g/mol. The predicted octanol–water partition coefficient (Wildman–Crippen LogP) is 0.914. The summed E-state index contributed by atoms with van der Waals surface area (Å²) in [6.07, 6.45) is 1.83. The molecule has 1 aromatic rings. The highest BCUT2D eigenvalue weighted by Crippen LogP contribution is 2.08. The molecule has 0 saturated heterocycles. The highest BCUT2D eigenvalue weighted by atomic mass is 15.2. The van der Waals surface area contributed by atoms with Crippen LogP contribution in [0.3, 0.4) is 0 Å². The number of rotatable bonds is 2. The third kappa shape index (κ3) is 2.00. The molecule has 0 amide bonds. The first kappa shape index (κ1) is 8.17. The Labute approximate surface area is 66.6 Å². The summed E-state index contributed by atoms with van der Waals surface area (Å²) in [6, 6.07) is 4.17. The number of nitrogens with one attached hydrogen (secondary N) is 1. The number of hydrazine groups is 1. The Morgan fingerprint density at radius 1 is 1.55 bits per heavy atom. The summed E-state index contributed by atoms with van der Waals surface area (Å²) >= 11 is 0. The van der Waals surface area contributed by atoms with Crippen LogP contribution in [0, 0.1) is 6.92 Å². The molecule has 3 nitrogen and oxygen atoms in total. The lowest BCUT2D eigenvalue weighted by Gasteiger charge is -2.08. The molecule has 1 rings (SSSR count). The SMILES string of the molecule is Cc1ccc([C@@H](C)NN)cn1. The summed E-state index contributed by atoms with van der Waals surface area (Å²) in [5, 5.41) is 0. The number of nitrogens with zero attached hydrogens (tertiary/aromatic N) is 1. The van der Waals surface area contributed by atoms with Crippen molar-refractivity contribution < 1.29 is 0 Å². The van der Waals surface area contributed by atoms with E-state index in [0.29, 0.717) is 0 Å². The van der Waals surface area contributed by atoms with Crippen LogP contribution in [0.4, 0.5) is 0 Å². The standard InChI is InChI=1S/C8H13N3/c1-6-3-4-8(5-10-6)7(2)11-9/h3-5,7,11H,9H2,1-2H3/t7-/m1/s1. The molecule has 3 N–H and O–H groups in total. The van der Waals surface area contributed by atoms with Crippen molar-refractivity contribution in [2.24, 2.45) is 5.84 Å². The van der Waals surface area contributed by atoms with Gasteiger partial charge in [-0.2, -0.15) is 0 Å². The number of pyridine rings is 1. The third-order valence-corrected chi connectivity index (χ3v) is 1.68. The van der Waals surface area contributed by atoms with Crippen molar-refractivity contribution in [2.45, 2.75) is 19.9 Å². The molecule has 0 fully saturated rings. The number of hydrogen-bond acceptors (Lipinski definition) is 3. The van der Waals surface area contributed by atoms with Crippen LogP contribution in [-0.4, -0.2) is 4.98 Å². The molecule has 0 spiro atoms. The van der Waals surface area contributed by atoms with Crippen LogP contribution in [0.1, 0.15) is 24.2 Å². The van der Waals surface area contributed by atoms with Crippen molar-refractivity contribution in [3.05, 3.63) is 29.6 Å². The number of aryl methyl sites for hydroxylation is 1. The largest absolute Gasteiger partial charge is 0.271 e. The zero-order valence-corrected chi connectivity index (χ0v) is 6.83. The molecule has 0 saturated carbocycles. The molecule has 0 aliphatic carbocycles. The normalized spacial score (nSPS) is 13.0. The summed E-state index contributed by atoms with van der Waals surface area (Å²) in [5.74, 6) is 5.26. The van der Waals surface area contributed by atoms with Gasteiger partial charge in [-0.15, -0.1) is 0 Å². The lowest BCUT2D eigenvalue weighted by molar-refractivity contribution is 0.600. The Bertz CT molecular complexity index is 217. The van der Waals surface area contributed by atoms with Gasteiger partial charge in [-0.25, -0.2) is 0 Å². The van der Waals surface area contributed by atoms with E-state index in [1.54, 1.807) is 0 Å². The van der Waals surface area contributed by atoms with Crippen LogP contribution >= 0.6 is 0 Å². The molecule has 0 aliphatic heterocycles. The van der Waals surface area contributed by atoms with E-state index in [1.807, 2.05) is 32.2 Å². The molecule has 0 aliphatic rings. The van der Waals surface area contributed by atoms with Crippen LogP contribution in [0.25, 0.3) is 0 Å². The molecule has 11 heavy (non-hydrogen) atoms. The minimum Gasteiger partial charge on any atom is -0.271 e.